The van der Waals surface area contributed by atoms with Crippen molar-refractivity contribution in [1.82, 2.24) is 0 Å². The minimum Gasteiger partial charge on any atom is -0.325 e. The van der Waals surface area contributed by atoms with Crippen LogP contribution in [0.5, 0.6) is 0 Å². The van der Waals surface area contributed by atoms with Crippen LogP contribution in [-0.2, 0) is 14.6 Å². The molecule has 0 bridgehead atoms. The Bertz CT molecular complexity index is 1130. The maximum Gasteiger partial charge on any atom is 0.234 e. The highest BCUT2D eigenvalue weighted by molar-refractivity contribution is 8.14. The van der Waals surface area contributed by atoms with Crippen molar-refractivity contribution in [2.75, 3.05) is 27.5 Å². The molecule has 0 unspecified atom stereocenters. The maximum absolute atomic E-state index is 12.5. The summed E-state index contributed by atoms with van der Waals surface area (Å²) in [5, 5.41) is 4.15. The average Bonchev–Trinajstić information content (AvgIpc) is 3.13. The second kappa shape index (κ2) is 8.24. The number of amidine groups is 1. The molecular formula is C21H22ClN3O3S2. The van der Waals surface area contributed by atoms with Crippen LogP contribution in [0.4, 0.5) is 11.4 Å². The monoisotopic (exact) mass is 463 g/mol. The van der Waals surface area contributed by atoms with Crippen LogP contribution in [0.3, 0.4) is 0 Å². The summed E-state index contributed by atoms with van der Waals surface area (Å²) in [4.78, 5) is 19.1. The largest absolute Gasteiger partial charge is 0.325 e. The van der Waals surface area contributed by atoms with E-state index in [-0.39, 0.29) is 35.2 Å². The summed E-state index contributed by atoms with van der Waals surface area (Å²) in [6, 6.07) is 12.6. The van der Waals surface area contributed by atoms with Gasteiger partial charge in [0, 0.05) is 16.4 Å². The molecule has 2 heterocycles. The van der Waals surface area contributed by atoms with Gasteiger partial charge in [-0.25, -0.2) is 8.42 Å². The number of aliphatic imine (C=N–C) groups is 1. The fourth-order valence-corrected chi connectivity index (χ4v) is 6.78. The summed E-state index contributed by atoms with van der Waals surface area (Å²) < 4.78 is 24.3. The predicted octanol–water partition coefficient (Wildman–Crippen LogP) is 3.67. The third kappa shape index (κ3) is 4.50. The minimum atomic E-state index is -3.13. The Labute approximate surface area is 185 Å². The van der Waals surface area contributed by atoms with Crippen molar-refractivity contribution in [3.63, 3.8) is 0 Å². The molecule has 0 radical (unpaired) electrons. The Morgan fingerprint density at radius 1 is 1.23 bits per heavy atom. The normalized spacial score (nSPS) is 22.0. The van der Waals surface area contributed by atoms with E-state index in [2.05, 4.69) is 10.3 Å². The van der Waals surface area contributed by atoms with Gasteiger partial charge in [-0.15, -0.1) is 0 Å². The number of halogens is 1. The van der Waals surface area contributed by atoms with Gasteiger partial charge in [0.2, 0.25) is 5.91 Å². The number of fused-ring (bicyclic) bond motifs is 1. The molecule has 9 heteroatoms. The first-order valence-corrected chi connectivity index (χ1v) is 12.7. The molecule has 1 N–H and O–H groups in total. The summed E-state index contributed by atoms with van der Waals surface area (Å²) in [7, 11) is -3.13. The first-order valence-electron chi connectivity index (χ1n) is 9.55. The van der Waals surface area contributed by atoms with E-state index in [0.717, 1.165) is 22.5 Å². The standard InChI is InChI=1S/C21H22ClN3O3S2/c1-13-6-7-17(14(2)8-13)23-20(26)10-29-21-24-18-11-30(27,28)12-19(18)25(21)16-5-3-4-15(22)9-16/h3-9,18-19H,10-12H2,1-2H3,(H,23,26)/t18-,19+/m1/s1. The smallest absolute Gasteiger partial charge is 0.234 e. The summed E-state index contributed by atoms with van der Waals surface area (Å²) >= 11 is 7.47. The third-order valence-electron chi connectivity index (χ3n) is 5.18. The molecule has 0 saturated carbocycles. The van der Waals surface area contributed by atoms with Gasteiger partial charge in [0.05, 0.1) is 29.3 Å². The number of benzene rings is 2. The molecule has 4 rings (SSSR count). The highest BCUT2D eigenvalue weighted by atomic mass is 35.5. The van der Waals surface area contributed by atoms with Crippen LogP contribution in [0.2, 0.25) is 5.02 Å². The Balaban J connectivity index is 1.51. The molecule has 1 fully saturated rings. The molecule has 2 aliphatic rings. The number of aryl methyl sites for hydroxylation is 2. The molecule has 1 saturated heterocycles. The zero-order valence-corrected chi connectivity index (χ0v) is 19.0. The topological polar surface area (TPSA) is 78.8 Å². The van der Waals surface area contributed by atoms with Crippen molar-refractivity contribution in [3.05, 3.63) is 58.6 Å². The number of carbonyl (C=O) groups is 1. The van der Waals surface area contributed by atoms with Crippen molar-refractivity contribution >= 4 is 55.6 Å². The Kier molecular flexibility index (Phi) is 5.83. The quantitative estimate of drug-likeness (QED) is 0.748. The van der Waals surface area contributed by atoms with Gasteiger partial charge in [0.15, 0.2) is 15.0 Å². The zero-order valence-electron chi connectivity index (χ0n) is 16.6. The number of hydrogen-bond donors (Lipinski definition) is 1. The molecule has 0 aliphatic carbocycles. The lowest BCUT2D eigenvalue weighted by molar-refractivity contribution is -0.113. The number of thioether (sulfide) groups is 1. The van der Waals surface area contributed by atoms with Crippen LogP contribution in [0.15, 0.2) is 47.5 Å². The van der Waals surface area contributed by atoms with E-state index in [9.17, 15) is 13.2 Å². The van der Waals surface area contributed by atoms with E-state index >= 15 is 0 Å². The van der Waals surface area contributed by atoms with Crippen LogP contribution < -0.4 is 10.2 Å². The van der Waals surface area contributed by atoms with E-state index in [4.69, 9.17) is 11.6 Å². The third-order valence-corrected chi connectivity index (χ3v) is 8.08. The fourth-order valence-electron chi connectivity index (χ4n) is 3.83. The van der Waals surface area contributed by atoms with Crippen LogP contribution >= 0.6 is 23.4 Å². The van der Waals surface area contributed by atoms with Crippen LogP contribution in [0.25, 0.3) is 0 Å². The lowest BCUT2D eigenvalue weighted by Crippen LogP contribution is -2.39. The number of anilines is 2. The molecule has 0 spiro atoms. The van der Waals surface area contributed by atoms with Gasteiger partial charge in [-0.2, -0.15) is 0 Å². The van der Waals surface area contributed by atoms with Crippen LogP contribution in [0, 0.1) is 13.8 Å². The molecule has 2 aliphatic heterocycles. The SMILES string of the molecule is Cc1ccc(NC(=O)CSC2=N[C@@H]3CS(=O)(=O)C[C@@H]3N2c2cccc(Cl)c2)c(C)c1. The molecule has 0 aromatic heterocycles. The Morgan fingerprint density at radius 3 is 2.77 bits per heavy atom. The Hall–Kier alpha value is -2.03. The lowest BCUT2D eigenvalue weighted by atomic mass is 10.1. The number of nitrogens with zero attached hydrogens (tertiary/aromatic N) is 2. The number of hydrogen-bond acceptors (Lipinski definition) is 6. The van der Waals surface area contributed by atoms with Crippen LogP contribution in [0.1, 0.15) is 11.1 Å². The number of nitrogens with one attached hydrogen (secondary N) is 1. The van der Waals surface area contributed by atoms with Gasteiger partial charge in [-0.1, -0.05) is 47.1 Å². The lowest BCUT2D eigenvalue weighted by Gasteiger charge is -2.26. The van der Waals surface area contributed by atoms with Crippen molar-refractivity contribution in [1.29, 1.82) is 0 Å². The first-order chi connectivity index (χ1) is 14.2. The summed E-state index contributed by atoms with van der Waals surface area (Å²) in [5.74, 6) is 0.125. The maximum atomic E-state index is 12.5. The van der Waals surface area contributed by atoms with Gasteiger partial charge in [0.25, 0.3) is 0 Å². The highest BCUT2D eigenvalue weighted by Crippen LogP contribution is 2.36. The number of amides is 1. The second-order valence-electron chi connectivity index (χ2n) is 7.63. The van der Waals surface area contributed by atoms with Crippen molar-refractivity contribution in [2.24, 2.45) is 4.99 Å². The molecule has 2 atom stereocenters. The van der Waals surface area contributed by atoms with E-state index in [1.165, 1.54) is 11.8 Å². The van der Waals surface area contributed by atoms with E-state index in [1.54, 1.807) is 12.1 Å². The molecule has 158 valence electrons. The molecular weight excluding hydrogens is 442 g/mol. The van der Waals surface area contributed by atoms with Crippen molar-refractivity contribution in [3.8, 4) is 0 Å². The van der Waals surface area contributed by atoms with Crippen molar-refractivity contribution in [2.45, 2.75) is 25.9 Å². The average molecular weight is 464 g/mol. The van der Waals surface area contributed by atoms with Gasteiger partial charge in [-0.3, -0.25) is 9.79 Å². The van der Waals surface area contributed by atoms with E-state index in [1.807, 2.05) is 49.1 Å². The highest BCUT2D eigenvalue weighted by Gasteiger charge is 2.47. The van der Waals surface area contributed by atoms with E-state index in [0.29, 0.717) is 10.2 Å². The number of rotatable bonds is 4. The summed E-state index contributed by atoms with van der Waals surface area (Å²) in [6.07, 6.45) is 0. The van der Waals surface area contributed by atoms with Gasteiger partial charge < -0.3 is 10.2 Å². The zero-order chi connectivity index (χ0) is 21.5. The van der Waals surface area contributed by atoms with Crippen LogP contribution in [-0.4, -0.2) is 48.8 Å². The molecule has 2 aromatic carbocycles. The van der Waals surface area contributed by atoms with Crippen molar-refractivity contribution < 1.29 is 13.2 Å². The number of sulfone groups is 1. The summed E-state index contributed by atoms with van der Waals surface area (Å²) in [5.41, 5.74) is 3.72. The number of carbonyl (C=O) groups excluding carboxylic acids is 1. The van der Waals surface area contributed by atoms with E-state index < -0.39 is 9.84 Å². The molecule has 2 aromatic rings. The first kappa shape index (κ1) is 21.2. The Morgan fingerprint density at radius 2 is 2.03 bits per heavy atom. The second-order valence-corrected chi connectivity index (χ2v) is 11.2. The van der Waals surface area contributed by atoms with Gasteiger partial charge >= 0.3 is 0 Å². The van der Waals surface area contributed by atoms with Gasteiger partial charge in [-0.05, 0) is 43.7 Å². The molecule has 6 nitrogen and oxygen atoms in total. The predicted molar refractivity (Wildman–Crippen MR) is 125 cm³/mol. The molecule has 30 heavy (non-hydrogen) atoms. The minimum absolute atomic E-state index is 0.0353. The fraction of sp³-hybridized carbons (Fsp3) is 0.333. The molecule has 1 amide bonds. The summed E-state index contributed by atoms with van der Waals surface area (Å²) in [6.45, 7) is 3.97. The van der Waals surface area contributed by atoms with Gasteiger partial charge in [0.1, 0.15) is 0 Å².